The van der Waals surface area contributed by atoms with Crippen LogP contribution in [-0.4, -0.2) is 20.3 Å². The van der Waals surface area contributed by atoms with Gasteiger partial charge in [-0.25, -0.2) is 4.79 Å². The van der Waals surface area contributed by atoms with Gasteiger partial charge in [0, 0.05) is 19.8 Å². The molecule has 7 heteroatoms. The number of nitrogens with two attached hydrogens (primary N) is 1. The number of rotatable bonds is 5. The van der Waals surface area contributed by atoms with Crippen LogP contribution in [0.2, 0.25) is 0 Å². The number of aromatic nitrogens is 3. The smallest absolute Gasteiger partial charge is 0.355 e. The van der Waals surface area contributed by atoms with Crippen LogP contribution in [0.4, 0.5) is 5.69 Å². The predicted molar refractivity (Wildman–Crippen MR) is 83.9 cm³/mol. The molecule has 0 spiro atoms. The van der Waals surface area contributed by atoms with Crippen LogP contribution in [0.15, 0.2) is 16.7 Å². The number of aryl methyl sites for hydroxylation is 3. The maximum absolute atomic E-state index is 12.1. The zero-order valence-corrected chi connectivity index (χ0v) is 14.0. The molecule has 0 atom stereocenters. The van der Waals surface area contributed by atoms with Gasteiger partial charge in [-0.1, -0.05) is 6.92 Å². The Kier molecular flexibility index (Phi) is 4.72. The van der Waals surface area contributed by atoms with Crippen molar-refractivity contribution in [3.8, 4) is 0 Å². The lowest BCUT2D eigenvalue weighted by Crippen LogP contribution is -2.12. The number of nitrogens with zero attached hydrogens (tertiary/aromatic N) is 3. The second kappa shape index (κ2) is 6.34. The largest absolute Gasteiger partial charge is 0.454 e. The third kappa shape index (κ3) is 3.12. The minimum atomic E-state index is -0.400. The van der Waals surface area contributed by atoms with E-state index >= 15 is 0 Å². The van der Waals surface area contributed by atoms with E-state index < -0.39 is 5.97 Å². The summed E-state index contributed by atoms with van der Waals surface area (Å²) in [6, 6.07) is 1.60. The van der Waals surface area contributed by atoms with Crippen LogP contribution in [0.5, 0.6) is 0 Å². The number of esters is 1. The van der Waals surface area contributed by atoms with Crippen LogP contribution in [0.25, 0.3) is 0 Å². The van der Waals surface area contributed by atoms with Gasteiger partial charge in [-0.2, -0.15) is 5.10 Å². The topological polar surface area (TPSA) is 75.1 Å². The Bertz CT molecular complexity index is 660. The van der Waals surface area contributed by atoms with Gasteiger partial charge in [0.05, 0.1) is 21.5 Å². The zero-order chi connectivity index (χ0) is 15.6. The molecular formula is C14H19BrN4O2. The number of hydrogen-bond donors (Lipinski definition) is 1. The van der Waals surface area contributed by atoms with E-state index in [1.807, 2.05) is 18.5 Å². The minimum Gasteiger partial charge on any atom is -0.454 e. The van der Waals surface area contributed by atoms with Crippen LogP contribution in [0.1, 0.15) is 35.7 Å². The van der Waals surface area contributed by atoms with Gasteiger partial charge in [0.1, 0.15) is 12.3 Å². The van der Waals surface area contributed by atoms with Gasteiger partial charge >= 0.3 is 5.97 Å². The first-order chi connectivity index (χ1) is 9.97. The van der Waals surface area contributed by atoms with Gasteiger partial charge in [0.2, 0.25) is 0 Å². The summed E-state index contributed by atoms with van der Waals surface area (Å²) in [6.07, 6.45) is 2.50. The molecule has 2 aromatic heterocycles. The van der Waals surface area contributed by atoms with Crippen molar-refractivity contribution >= 4 is 27.6 Å². The summed E-state index contributed by atoms with van der Waals surface area (Å²) in [4.78, 5) is 12.1. The predicted octanol–water partition coefficient (Wildman–Crippen LogP) is 2.51. The van der Waals surface area contributed by atoms with Crippen LogP contribution >= 0.6 is 15.9 Å². The quantitative estimate of drug-likeness (QED) is 0.837. The van der Waals surface area contributed by atoms with Crippen molar-refractivity contribution in [2.24, 2.45) is 7.05 Å². The Morgan fingerprint density at radius 2 is 2.19 bits per heavy atom. The van der Waals surface area contributed by atoms with E-state index in [1.165, 1.54) is 0 Å². The van der Waals surface area contributed by atoms with Crippen LogP contribution in [-0.2, 0) is 31.4 Å². The number of carbonyl (C=O) groups excluding carboxylic acids is 1. The molecule has 0 unspecified atom stereocenters. The van der Waals surface area contributed by atoms with Crippen molar-refractivity contribution in [2.75, 3.05) is 5.73 Å². The normalized spacial score (nSPS) is 10.9. The van der Waals surface area contributed by atoms with E-state index in [0.29, 0.717) is 11.4 Å². The van der Waals surface area contributed by atoms with Crippen LogP contribution < -0.4 is 5.73 Å². The SMILES string of the molecule is CCc1nn(CC)c(COC(=O)c2cc(N)cn2C)c1Br. The van der Waals surface area contributed by atoms with E-state index in [9.17, 15) is 4.79 Å². The average Bonchev–Trinajstić information content (AvgIpc) is 2.95. The number of carbonyl (C=O) groups is 1. The standard InChI is InChI=1S/C14H19BrN4O2/c1-4-10-13(15)12(19(5-2)17-10)8-21-14(20)11-6-9(16)7-18(11)3/h6-7H,4-5,8,16H2,1-3H3. The lowest BCUT2D eigenvalue weighted by atomic mass is 10.3. The number of ether oxygens (including phenoxy) is 1. The number of hydrogen-bond acceptors (Lipinski definition) is 4. The third-order valence-electron chi connectivity index (χ3n) is 3.27. The molecule has 2 aromatic rings. The summed E-state index contributed by atoms with van der Waals surface area (Å²) in [5.74, 6) is -0.400. The molecular weight excluding hydrogens is 336 g/mol. The van der Waals surface area contributed by atoms with E-state index in [4.69, 9.17) is 10.5 Å². The Hall–Kier alpha value is -1.76. The molecule has 2 N–H and O–H groups in total. The number of halogens is 1. The molecule has 0 aliphatic carbocycles. The van der Waals surface area contributed by atoms with Gasteiger partial charge < -0.3 is 15.0 Å². The Balaban J connectivity index is 2.14. The molecule has 0 bridgehead atoms. The molecule has 0 saturated carbocycles. The lowest BCUT2D eigenvalue weighted by Gasteiger charge is -2.07. The molecule has 0 fully saturated rings. The molecule has 2 heterocycles. The fraction of sp³-hybridized carbons (Fsp3) is 0.429. The van der Waals surface area contributed by atoms with E-state index in [-0.39, 0.29) is 6.61 Å². The van der Waals surface area contributed by atoms with E-state index in [0.717, 1.165) is 28.8 Å². The van der Waals surface area contributed by atoms with E-state index in [2.05, 4.69) is 21.0 Å². The monoisotopic (exact) mass is 354 g/mol. The maximum atomic E-state index is 12.1. The third-order valence-corrected chi connectivity index (χ3v) is 4.18. The number of anilines is 1. The second-order valence-electron chi connectivity index (χ2n) is 4.72. The van der Waals surface area contributed by atoms with Gasteiger partial charge in [-0.05, 0) is 35.3 Å². The van der Waals surface area contributed by atoms with Crippen molar-refractivity contribution in [3.63, 3.8) is 0 Å². The zero-order valence-electron chi connectivity index (χ0n) is 12.4. The van der Waals surface area contributed by atoms with Gasteiger partial charge in [0.15, 0.2) is 0 Å². The first-order valence-electron chi connectivity index (χ1n) is 6.80. The molecule has 21 heavy (non-hydrogen) atoms. The maximum Gasteiger partial charge on any atom is 0.355 e. The first-order valence-corrected chi connectivity index (χ1v) is 7.60. The summed E-state index contributed by atoms with van der Waals surface area (Å²) >= 11 is 3.53. The highest BCUT2D eigenvalue weighted by molar-refractivity contribution is 9.10. The van der Waals surface area contributed by atoms with Gasteiger partial charge in [0.25, 0.3) is 0 Å². The Labute approximate surface area is 132 Å². The molecule has 0 aliphatic heterocycles. The molecule has 6 nitrogen and oxygen atoms in total. The fourth-order valence-electron chi connectivity index (χ4n) is 2.16. The summed E-state index contributed by atoms with van der Waals surface area (Å²) in [7, 11) is 1.76. The summed E-state index contributed by atoms with van der Waals surface area (Å²) in [5, 5.41) is 4.47. The first kappa shape index (κ1) is 15.6. The molecule has 114 valence electrons. The lowest BCUT2D eigenvalue weighted by molar-refractivity contribution is 0.0450. The van der Waals surface area contributed by atoms with Crippen molar-refractivity contribution in [1.82, 2.24) is 14.3 Å². The summed E-state index contributed by atoms with van der Waals surface area (Å²) in [5.41, 5.74) is 8.47. The molecule has 2 rings (SSSR count). The highest BCUT2D eigenvalue weighted by Crippen LogP contribution is 2.23. The van der Waals surface area contributed by atoms with Crippen LogP contribution in [0, 0.1) is 0 Å². The van der Waals surface area contributed by atoms with Crippen molar-refractivity contribution in [1.29, 1.82) is 0 Å². The summed E-state index contributed by atoms with van der Waals surface area (Å²) in [6.45, 7) is 4.94. The van der Waals surface area contributed by atoms with E-state index in [1.54, 1.807) is 23.9 Å². The summed E-state index contributed by atoms with van der Waals surface area (Å²) < 4.78 is 9.79. The highest BCUT2D eigenvalue weighted by atomic mass is 79.9. The van der Waals surface area contributed by atoms with Crippen molar-refractivity contribution < 1.29 is 9.53 Å². The highest BCUT2D eigenvalue weighted by Gasteiger charge is 2.17. The average molecular weight is 355 g/mol. The molecule has 0 aliphatic rings. The fourth-order valence-corrected chi connectivity index (χ4v) is 2.83. The molecule has 0 radical (unpaired) electrons. The van der Waals surface area contributed by atoms with Crippen molar-refractivity contribution in [3.05, 3.63) is 33.8 Å². The minimum absolute atomic E-state index is 0.172. The number of nitrogen functional groups attached to an aromatic ring is 1. The van der Waals surface area contributed by atoms with Crippen LogP contribution in [0.3, 0.4) is 0 Å². The van der Waals surface area contributed by atoms with Gasteiger partial charge in [-0.3, -0.25) is 4.68 Å². The Morgan fingerprint density at radius 1 is 1.48 bits per heavy atom. The second-order valence-corrected chi connectivity index (χ2v) is 5.52. The molecule has 0 aromatic carbocycles. The van der Waals surface area contributed by atoms with Crippen molar-refractivity contribution in [2.45, 2.75) is 33.4 Å². The molecule has 0 saturated heterocycles. The molecule has 0 amide bonds. The Morgan fingerprint density at radius 3 is 2.71 bits per heavy atom. The van der Waals surface area contributed by atoms with Gasteiger partial charge in [-0.15, -0.1) is 0 Å².